The van der Waals surface area contributed by atoms with Gasteiger partial charge < -0.3 is 5.32 Å². The summed E-state index contributed by atoms with van der Waals surface area (Å²) in [5.41, 5.74) is 1.91. The van der Waals surface area contributed by atoms with Gasteiger partial charge in [-0.3, -0.25) is 4.31 Å². The molecule has 3 rings (SSSR count). The molecule has 0 saturated heterocycles. The van der Waals surface area contributed by atoms with Crippen molar-refractivity contribution in [1.82, 2.24) is 5.32 Å². The number of fused-ring (bicyclic) bond motifs is 1. The van der Waals surface area contributed by atoms with Crippen LogP contribution in [0.4, 0.5) is 5.69 Å². The van der Waals surface area contributed by atoms with E-state index < -0.39 is 10.0 Å². The topological polar surface area (TPSA) is 49.4 Å². The second-order valence-corrected chi connectivity index (χ2v) is 7.04. The van der Waals surface area contributed by atoms with Crippen LogP contribution in [0, 0.1) is 5.92 Å². The van der Waals surface area contributed by atoms with Gasteiger partial charge in [0.15, 0.2) is 0 Å². The van der Waals surface area contributed by atoms with Gasteiger partial charge in [-0.05, 0) is 30.4 Å². The first kappa shape index (κ1) is 12.0. The molecule has 0 bridgehead atoms. The lowest BCUT2D eigenvalue weighted by molar-refractivity contribution is 0.585. The van der Waals surface area contributed by atoms with E-state index in [9.17, 15) is 8.42 Å². The van der Waals surface area contributed by atoms with Crippen LogP contribution in [0.3, 0.4) is 0 Å². The minimum Gasteiger partial charge on any atom is -0.311 e. The van der Waals surface area contributed by atoms with Crippen molar-refractivity contribution < 1.29 is 8.42 Å². The van der Waals surface area contributed by atoms with Gasteiger partial charge in [-0.2, -0.15) is 0 Å². The van der Waals surface area contributed by atoms with Crippen LogP contribution in [0.15, 0.2) is 24.3 Å². The predicted octanol–water partition coefficient (Wildman–Crippen LogP) is 1.34. The number of benzene rings is 1. The Morgan fingerprint density at radius 1 is 1.28 bits per heavy atom. The zero-order chi connectivity index (χ0) is 12.6. The molecule has 1 aromatic carbocycles. The monoisotopic (exact) mass is 266 g/mol. The van der Waals surface area contributed by atoms with Crippen molar-refractivity contribution in [3.8, 4) is 0 Å². The van der Waals surface area contributed by atoms with Gasteiger partial charge in [0.2, 0.25) is 10.0 Å². The number of rotatable bonds is 3. The molecule has 1 aliphatic heterocycles. The molecular formula is C13H18N2O2S. The minimum absolute atomic E-state index is 0.307. The molecule has 18 heavy (non-hydrogen) atoms. The predicted molar refractivity (Wildman–Crippen MR) is 72.0 cm³/mol. The highest BCUT2D eigenvalue weighted by Crippen LogP contribution is 2.33. The van der Waals surface area contributed by atoms with E-state index in [1.54, 1.807) is 4.31 Å². The summed E-state index contributed by atoms with van der Waals surface area (Å²) in [5.74, 6) is 0.694. The molecule has 98 valence electrons. The lowest BCUT2D eigenvalue weighted by Crippen LogP contribution is -2.36. The van der Waals surface area contributed by atoms with Gasteiger partial charge in [0.05, 0.1) is 11.4 Å². The molecule has 1 aromatic rings. The lowest BCUT2D eigenvalue weighted by Gasteiger charge is -2.24. The first-order valence-electron chi connectivity index (χ1n) is 6.46. The van der Waals surface area contributed by atoms with E-state index in [0.29, 0.717) is 24.8 Å². The number of para-hydroxylation sites is 1. The zero-order valence-electron chi connectivity index (χ0n) is 10.3. The van der Waals surface area contributed by atoms with Gasteiger partial charge in [0, 0.05) is 19.6 Å². The fraction of sp³-hybridized carbons (Fsp3) is 0.538. The third-order valence-corrected chi connectivity index (χ3v) is 5.49. The highest BCUT2D eigenvalue weighted by molar-refractivity contribution is 7.92. The molecule has 0 aromatic heterocycles. The number of anilines is 1. The van der Waals surface area contributed by atoms with Gasteiger partial charge in [0.25, 0.3) is 0 Å². The Morgan fingerprint density at radius 3 is 2.83 bits per heavy atom. The Morgan fingerprint density at radius 2 is 2.06 bits per heavy atom. The Bertz CT molecular complexity index is 538. The van der Waals surface area contributed by atoms with Gasteiger partial charge in [0.1, 0.15) is 0 Å². The highest BCUT2D eigenvalue weighted by Gasteiger charge is 2.33. The van der Waals surface area contributed by atoms with Crippen molar-refractivity contribution in [3.63, 3.8) is 0 Å². The average Bonchev–Trinajstić information content (AvgIpc) is 3.13. The molecule has 0 spiro atoms. The van der Waals surface area contributed by atoms with Gasteiger partial charge in [-0.15, -0.1) is 0 Å². The molecule has 0 amide bonds. The minimum atomic E-state index is -3.16. The van der Waals surface area contributed by atoms with Crippen LogP contribution in [0.25, 0.3) is 0 Å². The van der Waals surface area contributed by atoms with E-state index in [4.69, 9.17) is 0 Å². The number of hydrogen-bond donors (Lipinski definition) is 1. The van der Waals surface area contributed by atoms with Gasteiger partial charge in [-0.1, -0.05) is 18.2 Å². The molecule has 1 aliphatic carbocycles. The lowest BCUT2D eigenvalue weighted by atomic mass is 10.2. The number of sulfonamides is 1. The molecule has 0 radical (unpaired) electrons. The Kier molecular flexibility index (Phi) is 3.03. The second kappa shape index (κ2) is 4.55. The Labute approximate surface area is 108 Å². The van der Waals surface area contributed by atoms with Crippen LogP contribution in [0.1, 0.15) is 18.4 Å². The molecule has 2 aliphatic rings. The molecule has 0 unspecified atom stereocenters. The van der Waals surface area contributed by atoms with Gasteiger partial charge >= 0.3 is 0 Å². The number of hydrogen-bond acceptors (Lipinski definition) is 3. The zero-order valence-corrected chi connectivity index (χ0v) is 11.1. The summed E-state index contributed by atoms with van der Waals surface area (Å²) in [6, 6.07) is 7.77. The molecule has 1 heterocycles. The van der Waals surface area contributed by atoms with E-state index in [2.05, 4.69) is 5.32 Å². The van der Waals surface area contributed by atoms with Crippen molar-refractivity contribution in [3.05, 3.63) is 29.8 Å². The van der Waals surface area contributed by atoms with E-state index in [1.807, 2.05) is 24.3 Å². The van der Waals surface area contributed by atoms with E-state index in [-0.39, 0.29) is 0 Å². The first-order chi connectivity index (χ1) is 8.67. The van der Waals surface area contributed by atoms with Crippen LogP contribution >= 0.6 is 0 Å². The number of nitrogens with one attached hydrogen (secondary N) is 1. The Balaban J connectivity index is 1.95. The maximum Gasteiger partial charge on any atom is 0.235 e. The fourth-order valence-electron chi connectivity index (χ4n) is 2.39. The molecule has 1 N–H and O–H groups in total. The molecule has 4 nitrogen and oxygen atoms in total. The third-order valence-electron chi connectivity index (χ3n) is 3.55. The first-order valence-corrected chi connectivity index (χ1v) is 8.07. The maximum absolute atomic E-state index is 12.4. The van der Waals surface area contributed by atoms with Crippen LogP contribution < -0.4 is 9.62 Å². The van der Waals surface area contributed by atoms with Crippen LogP contribution in [0.5, 0.6) is 0 Å². The normalized spacial score (nSPS) is 20.3. The molecule has 1 fully saturated rings. The SMILES string of the molecule is O=S(=O)(CC1CC1)N1CCNCc2ccccc21. The van der Waals surface area contributed by atoms with Crippen molar-refractivity contribution in [2.75, 3.05) is 23.1 Å². The Hall–Kier alpha value is -1.07. The summed E-state index contributed by atoms with van der Waals surface area (Å²) in [4.78, 5) is 0. The van der Waals surface area contributed by atoms with Crippen molar-refractivity contribution in [2.24, 2.45) is 5.92 Å². The van der Waals surface area contributed by atoms with Crippen LogP contribution in [-0.4, -0.2) is 27.3 Å². The van der Waals surface area contributed by atoms with Crippen molar-refractivity contribution in [2.45, 2.75) is 19.4 Å². The van der Waals surface area contributed by atoms with Gasteiger partial charge in [-0.25, -0.2) is 8.42 Å². The average molecular weight is 266 g/mol. The number of nitrogens with zero attached hydrogens (tertiary/aromatic N) is 1. The largest absolute Gasteiger partial charge is 0.311 e. The van der Waals surface area contributed by atoms with E-state index >= 15 is 0 Å². The standard InChI is InChI=1S/C13H18N2O2S/c16-18(17,10-11-5-6-11)15-8-7-14-9-12-3-1-2-4-13(12)15/h1-4,11,14H,5-10H2. The van der Waals surface area contributed by atoms with Crippen LogP contribution in [-0.2, 0) is 16.6 Å². The second-order valence-electron chi connectivity index (χ2n) is 5.10. The van der Waals surface area contributed by atoms with Crippen LogP contribution in [0.2, 0.25) is 0 Å². The fourth-order valence-corrected chi connectivity index (χ4v) is 4.35. The summed E-state index contributed by atoms with van der Waals surface area (Å²) >= 11 is 0. The summed E-state index contributed by atoms with van der Waals surface area (Å²) in [6.45, 7) is 1.98. The van der Waals surface area contributed by atoms with Crippen molar-refractivity contribution >= 4 is 15.7 Å². The van der Waals surface area contributed by atoms with Crippen molar-refractivity contribution in [1.29, 1.82) is 0 Å². The smallest absolute Gasteiger partial charge is 0.235 e. The summed E-state index contributed by atoms with van der Waals surface area (Å²) in [6.07, 6.45) is 2.12. The summed E-state index contributed by atoms with van der Waals surface area (Å²) < 4.78 is 26.5. The third kappa shape index (κ3) is 2.37. The quantitative estimate of drug-likeness (QED) is 0.898. The molecular weight excluding hydrogens is 248 g/mol. The van der Waals surface area contributed by atoms with E-state index in [1.165, 1.54) is 0 Å². The summed E-state index contributed by atoms with van der Waals surface area (Å²) in [5, 5.41) is 3.27. The maximum atomic E-state index is 12.4. The highest BCUT2D eigenvalue weighted by atomic mass is 32.2. The summed E-state index contributed by atoms with van der Waals surface area (Å²) in [7, 11) is -3.16. The molecule has 0 atom stereocenters. The molecule has 1 saturated carbocycles. The van der Waals surface area contributed by atoms with E-state index in [0.717, 1.165) is 30.6 Å². The molecule has 5 heteroatoms.